The van der Waals surface area contributed by atoms with E-state index < -0.39 is 21.0 Å². The van der Waals surface area contributed by atoms with Gasteiger partial charge in [0.2, 0.25) is 0 Å². The summed E-state index contributed by atoms with van der Waals surface area (Å²) < 4.78 is 28.4. The molecule has 104 valence electrons. The molecular formula is C11H20N2O4S. The predicted molar refractivity (Wildman–Crippen MR) is 67.2 cm³/mol. The molecule has 0 aromatic carbocycles. The Bertz CT molecular complexity index is 446. The maximum atomic E-state index is 11.8. The molecule has 0 bridgehead atoms. The molecule has 0 atom stereocenters. The first-order chi connectivity index (χ1) is 8.11. The molecule has 0 unspecified atom stereocenters. The van der Waals surface area contributed by atoms with Gasteiger partial charge in [0.15, 0.2) is 9.84 Å². The fourth-order valence-corrected chi connectivity index (χ4v) is 4.04. The lowest BCUT2D eigenvalue weighted by molar-refractivity contribution is -0.0119. The molecule has 0 saturated carbocycles. The van der Waals surface area contributed by atoms with E-state index in [0.717, 1.165) is 0 Å². The number of ether oxygens (including phenoxy) is 1. The molecule has 0 radical (unpaired) electrons. The predicted octanol–water partition coefficient (Wildman–Crippen LogP) is -0.00610. The van der Waals surface area contributed by atoms with Crippen LogP contribution in [0.5, 0.6) is 0 Å². The molecule has 2 aliphatic rings. The molecule has 1 spiro atoms. The highest BCUT2D eigenvalue weighted by Crippen LogP contribution is 2.27. The number of nitrogens with one attached hydrogen (secondary N) is 1. The van der Waals surface area contributed by atoms with Crippen LogP contribution in [0.1, 0.15) is 20.8 Å². The van der Waals surface area contributed by atoms with E-state index in [2.05, 4.69) is 5.32 Å². The van der Waals surface area contributed by atoms with Gasteiger partial charge in [-0.05, 0) is 20.8 Å². The zero-order chi connectivity index (χ0) is 13.6. The molecule has 2 saturated heterocycles. The lowest BCUT2D eigenvalue weighted by atomic mass is 9.92. The fraction of sp³-hybridized carbons (Fsp3) is 0.909. The molecule has 7 heteroatoms. The van der Waals surface area contributed by atoms with E-state index in [-0.39, 0.29) is 17.6 Å². The minimum atomic E-state index is -2.98. The summed E-state index contributed by atoms with van der Waals surface area (Å²) in [4.78, 5) is 13.3. The van der Waals surface area contributed by atoms with Gasteiger partial charge in [0.05, 0.1) is 17.0 Å². The summed E-state index contributed by atoms with van der Waals surface area (Å²) in [5.41, 5.74) is -0.972. The number of sulfone groups is 1. The number of rotatable bonds is 0. The highest BCUT2D eigenvalue weighted by atomic mass is 32.2. The van der Waals surface area contributed by atoms with Crippen LogP contribution in [0.15, 0.2) is 0 Å². The Morgan fingerprint density at radius 3 is 2.44 bits per heavy atom. The standard InChI is InChI=1S/C11H20N2O4S/c1-10(2,3)17-9(14)13-6-11(7-13)8-18(15,16)5-4-12-11/h12H,4-8H2,1-3H3. The van der Waals surface area contributed by atoms with E-state index in [1.807, 2.05) is 20.8 Å². The first-order valence-electron chi connectivity index (χ1n) is 6.04. The molecule has 1 N–H and O–H groups in total. The summed E-state index contributed by atoms with van der Waals surface area (Å²) in [7, 11) is -2.98. The van der Waals surface area contributed by atoms with Gasteiger partial charge in [-0.3, -0.25) is 0 Å². The maximum Gasteiger partial charge on any atom is 0.410 e. The van der Waals surface area contributed by atoms with Crippen molar-refractivity contribution in [3.05, 3.63) is 0 Å². The van der Waals surface area contributed by atoms with Gasteiger partial charge in [-0.2, -0.15) is 0 Å². The van der Waals surface area contributed by atoms with E-state index in [0.29, 0.717) is 19.6 Å². The zero-order valence-corrected chi connectivity index (χ0v) is 11.8. The van der Waals surface area contributed by atoms with Crippen molar-refractivity contribution in [1.82, 2.24) is 10.2 Å². The number of hydrogen-bond acceptors (Lipinski definition) is 5. The number of likely N-dealkylation sites (tertiary alicyclic amines) is 1. The summed E-state index contributed by atoms with van der Waals surface area (Å²) in [6.45, 7) is 6.70. The van der Waals surface area contributed by atoms with Crippen LogP contribution in [0.3, 0.4) is 0 Å². The quantitative estimate of drug-likeness (QED) is 0.673. The molecule has 0 aromatic rings. The third-order valence-electron chi connectivity index (χ3n) is 3.05. The van der Waals surface area contributed by atoms with Gasteiger partial charge in [-0.25, -0.2) is 13.2 Å². The molecule has 18 heavy (non-hydrogen) atoms. The van der Waals surface area contributed by atoms with Crippen LogP contribution < -0.4 is 5.32 Å². The van der Waals surface area contributed by atoms with Gasteiger partial charge in [-0.1, -0.05) is 0 Å². The van der Waals surface area contributed by atoms with Crippen LogP contribution in [-0.2, 0) is 14.6 Å². The van der Waals surface area contributed by atoms with Crippen LogP contribution in [0.4, 0.5) is 4.79 Å². The first kappa shape index (κ1) is 13.6. The van der Waals surface area contributed by atoms with Crippen LogP contribution in [-0.4, -0.2) is 61.7 Å². The van der Waals surface area contributed by atoms with Crippen LogP contribution in [0.25, 0.3) is 0 Å². The molecule has 2 rings (SSSR count). The molecule has 6 nitrogen and oxygen atoms in total. The lowest BCUT2D eigenvalue weighted by Crippen LogP contribution is -2.75. The Labute approximate surface area is 108 Å². The summed E-state index contributed by atoms with van der Waals surface area (Å²) in [6, 6.07) is 0. The van der Waals surface area contributed by atoms with E-state index in [1.165, 1.54) is 0 Å². The topological polar surface area (TPSA) is 75.7 Å². The molecule has 0 aromatic heterocycles. The van der Waals surface area contributed by atoms with Gasteiger partial charge in [0, 0.05) is 19.6 Å². The van der Waals surface area contributed by atoms with Crippen LogP contribution in [0.2, 0.25) is 0 Å². The monoisotopic (exact) mass is 276 g/mol. The van der Waals surface area contributed by atoms with Crippen LogP contribution >= 0.6 is 0 Å². The summed E-state index contributed by atoms with van der Waals surface area (Å²) >= 11 is 0. The molecule has 2 heterocycles. The van der Waals surface area contributed by atoms with Crippen molar-refractivity contribution in [3.63, 3.8) is 0 Å². The molecule has 1 amide bonds. The van der Waals surface area contributed by atoms with Gasteiger partial charge in [0.1, 0.15) is 5.60 Å². The number of carbonyl (C=O) groups excluding carboxylic acids is 1. The average molecular weight is 276 g/mol. The van der Waals surface area contributed by atoms with Gasteiger partial charge < -0.3 is 15.0 Å². The third kappa shape index (κ3) is 2.95. The van der Waals surface area contributed by atoms with Crippen LogP contribution in [0, 0.1) is 0 Å². The third-order valence-corrected chi connectivity index (χ3v) is 4.87. The highest BCUT2D eigenvalue weighted by molar-refractivity contribution is 7.91. The number of nitrogens with zero attached hydrogens (tertiary/aromatic N) is 1. The fourth-order valence-electron chi connectivity index (χ4n) is 2.36. The Balaban J connectivity index is 1.92. The van der Waals surface area contributed by atoms with Crippen molar-refractivity contribution in [1.29, 1.82) is 0 Å². The Kier molecular flexibility index (Phi) is 3.09. The van der Waals surface area contributed by atoms with Gasteiger partial charge in [0.25, 0.3) is 0 Å². The summed E-state index contributed by atoms with van der Waals surface area (Å²) in [5.74, 6) is 0.292. The summed E-state index contributed by atoms with van der Waals surface area (Å²) in [5, 5.41) is 3.21. The van der Waals surface area contributed by atoms with Gasteiger partial charge >= 0.3 is 6.09 Å². The van der Waals surface area contributed by atoms with Crippen molar-refractivity contribution in [2.75, 3.05) is 31.1 Å². The second-order valence-electron chi connectivity index (χ2n) is 6.14. The second-order valence-corrected chi connectivity index (χ2v) is 8.32. The Morgan fingerprint density at radius 2 is 1.94 bits per heavy atom. The smallest absolute Gasteiger partial charge is 0.410 e. The lowest BCUT2D eigenvalue weighted by Gasteiger charge is -2.51. The van der Waals surface area contributed by atoms with Crippen molar-refractivity contribution in [2.45, 2.75) is 31.9 Å². The minimum Gasteiger partial charge on any atom is -0.444 e. The normalized spacial score (nSPS) is 25.6. The average Bonchev–Trinajstić information content (AvgIpc) is 2.09. The SMILES string of the molecule is CC(C)(C)OC(=O)N1CC2(C1)CS(=O)(=O)CCN2. The van der Waals surface area contributed by atoms with E-state index in [1.54, 1.807) is 4.90 Å². The molecule has 2 fully saturated rings. The van der Waals surface area contributed by atoms with Crippen molar-refractivity contribution < 1.29 is 17.9 Å². The second kappa shape index (κ2) is 4.09. The largest absolute Gasteiger partial charge is 0.444 e. The van der Waals surface area contributed by atoms with Crippen molar-refractivity contribution in [2.24, 2.45) is 0 Å². The molecule has 2 aliphatic heterocycles. The number of amides is 1. The van der Waals surface area contributed by atoms with Crippen molar-refractivity contribution in [3.8, 4) is 0 Å². The highest BCUT2D eigenvalue weighted by Gasteiger charge is 2.50. The first-order valence-corrected chi connectivity index (χ1v) is 7.86. The van der Waals surface area contributed by atoms with E-state index in [9.17, 15) is 13.2 Å². The van der Waals surface area contributed by atoms with Crippen molar-refractivity contribution >= 4 is 15.9 Å². The number of carbonyl (C=O) groups is 1. The van der Waals surface area contributed by atoms with Gasteiger partial charge in [-0.15, -0.1) is 0 Å². The molecular weight excluding hydrogens is 256 g/mol. The Hall–Kier alpha value is -0.820. The van der Waals surface area contributed by atoms with E-state index in [4.69, 9.17) is 4.74 Å². The maximum absolute atomic E-state index is 11.8. The number of hydrogen-bond donors (Lipinski definition) is 1. The Morgan fingerprint density at radius 1 is 1.33 bits per heavy atom. The zero-order valence-electron chi connectivity index (χ0n) is 11.0. The minimum absolute atomic E-state index is 0.110. The van der Waals surface area contributed by atoms with E-state index >= 15 is 0 Å². The molecule has 0 aliphatic carbocycles. The summed E-state index contributed by atoms with van der Waals surface area (Å²) in [6.07, 6.45) is -0.377.